The number of amides is 1. The number of alkyl halides is 3. The van der Waals surface area contributed by atoms with E-state index in [0.717, 1.165) is 24.6 Å². The normalized spacial score (nSPS) is 14.3. The molecule has 11 heteroatoms. The number of carbonyl (C=O) groups is 1. The van der Waals surface area contributed by atoms with Crippen molar-refractivity contribution < 1.29 is 22.4 Å². The third-order valence-corrected chi connectivity index (χ3v) is 7.10. The van der Waals surface area contributed by atoms with E-state index in [-0.39, 0.29) is 40.9 Å². The Balaban J connectivity index is 1.55. The summed E-state index contributed by atoms with van der Waals surface area (Å²) in [6.07, 6.45) is 1.10. The first-order valence-corrected chi connectivity index (χ1v) is 12.5. The molecule has 0 aliphatic heterocycles. The number of nitrogens with one attached hydrogen (secondary N) is 2. The van der Waals surface area contributed by atoms with Crippen molar-refractivity contribution in [3.8, 4) is 11.1 Å². The molecule has 38 heavy (non-hydrogen) atoms. The van der Waals surface area contributed by atoms with Crippen LogP contribution < -0.4 is 11.0 Å². The maximum atomic E-state index is 13.8. The summed E-state index contributed by atoms with van der Waals surface area (Å²) in [7, 11) is 0. The molecule has 1 saturated carbocycles. The molecule has 1 aliphatic carbocycles. The number of hydrogen-bond donors (Lipinski definition) is 2. The van der Waals surface area contributed by atoms with Gasteiger partial charge in [-0.15, -0.1) is 0 Å². The number of rotatable bonds is 7. The van der Waals surface area contributed by atoms with Gasteiger partial charge in [-0.3, -0.25) is 19.8 Å². The lowest BCUT2D eigenvalue weighted by Crippen LogP contribution is -2.30. The fraction of sp³-hybridized carbons (Fsp3) is 0.222. The van der Waals surface area contributed by atoms with E-state index in [4.69, 9.17) is 33.0 Å². The molecule has 2 heterocycles. The van der Waals surface area contributed by atoms with Gasteiger partial charge in [-0.2, -0.15) is 13.2 Å². The van der Waals surface area contributed by atoms with Crippen LogP contribution in [-0.4, -0.2) is 15.5 Å². The minimum atomic E-state index is -4.69. The third-order valence-electron chi connectivity index (χ3n) is 6.36. The first kappa shape index (κ1) is 26.1. The Morgan fingerprint density at radius 1 is 1.16 bits per heavy atom. The van der Waals surface area contributed by atoms with Crippen molar-refractivity contribution in [2.75, 3.05) is 0 Å². The summed E-state index contributed by atoms with van der Waals surface area (Å²) in [5, 5.41) is 11.7. The number of benzene rings is 2. The van der Waals surface area contributed by atoms with Crippen molar-refractivity contribution in [1.82, 2.24) is 14.9 Å². The van der Waals surface area contributed by atoms with Crippen LogP contribution >= 0.6 is 23.2 Å². The van der Waals surface area contributed by atoms with Crippen molar-refractivity contribution in [2.24, 2.45) is 5.92 Å². The number of nitrogens with zero attached hydrogens (tertiary/aromatic N) is 2. The number of halogens is 5. The van der Waals surface area contributed by atoms with Gasteiger partial charge in [0, 0.05) is 23.5 Å². The Bertz CT molecular complexity index is 1560. The molecule has 6 nitrogen and oxygen atoms in total. The van der Waals surface area contributed by atoms with Crippen molar-refractivity contribution in [1.29, 1.82) is 5.41 Å². The average molecular weight is 561 g/mol. The van der Waals surface area contributed by atoms with Crippen molar-refractivity contribution in [3.63, 3.8) is 0 Å². The molecule has 1 amide bonds. The summed E-state index contributed by atoms with van der Waals surface area (Å²) in [6.45, 7) is 0.115. The van der Waals surface area contributed by atoms with Gasteiger partial charge in [0.05, 0.1) is 22.6 Å². The Kier molecular flexibility index (Phi) is 7.07. The molecule has 4 aromatic rings. The molecule has 196 valence electrons. The van der Waals surface area contributed by atoms with Gasteiger partial charge in [0.2, 0.25) is 0 Å². The summed E-state index contributed by atoms with van der Waals surface area (Å²) in [4.78, 5) is 17.1. The summed E-state index contributed by atoms with van der Waals surface area (Å²) in [5.41, 5.74) is 0.340. The predicted molar refractivity (Wildman–Crippen MR) is 136 cm³/mol. The van der Waals surface area contributed by atoms with E-state index in [1.54, 1.807) is 30.3 Å². The van der Waals surface area contributed by atoms with Gasteiger partial charge in [-0.05, 0) is 71.8 Å². The summed E-state index contributed by atoms with van der Waals surface area (Å²) < 4.78 is 47.8. The first-order valence-electron chi connectivity index (χ1n) is 11.7. The molecule has 2 aromatic heterocycles. The SMILES string of the molecule is N=c1occn1Cc1cc(C(=O)N[C@H](c2ccc(Cl)c(Cl)c2)C2CC2)cc(-c2cccnc2C(F)(F)F)c1. The molecule has 0 radical (unpaired) electrons. The lowest BCUT2D eigenvalue weighted by Gasteiger charge is -2.20. The van der Waals surface area contributed by atoms with Gasteiger partial charge < -0.3 is 9.73 Å². The Hall–Kier alpha value is -3.56. The largest absolute Gasteiger partial charge is 0.433 e. The zero-order valence-electron chi connectivity index (χ0n) is 19.7. The fourth-order valence-electron chi connectivity index (χ4n) is 4.39. The zero-order valence-corrected chi connectivity index (χ0v) is 21.2. The van der Waals surface area contributed by atoms with E-state index in [1.165, 1.54) is 35.2 Å². The second-order valence-corrected chi connectivity index (χ2v) is 9.93. The van der Waals surface area contributed by atoms with E-state index < -0.39 is 17.8 Å². The van der Waals surface area contributed by atoms with Gasteiger partial charge >= 0.3 is 6.18 Å². The molecule has 1 atom stereocenters. The number of oxazole rings is 1. The topological polar surface area (TPSA) is 83.9 Å². The molecule has 0 unspecified atom stereocenters. The lowest BCUT2D eigenvalue weighted by molar-refractivity contribution is -0.140. The molecule has 0 spiro atoms. The van der Waals surface area contributed by atoms with E-state index in [1.807, 2.05) is 0 Å². The van der Waals surface area contributed by atoms with Gasteiger partial charge in [0.15, 0.2) is 5.69 Å². The fourth-order valence-corrected chi connectivity index (χ4v) is 4.70. The van der Waals surface area contributed by atoms with E-state index in [0.29, 0.717) is 15.6 Å². The van der Waals surface area contributed by atoms with Crippen LogP contribution in [0.5, 0.6) is 0 Å². The monoisotopic (exact) mass is 560 g/mol. The highest BCUT2D eigenvalue weighted by atomic mass is 35.5. The quantitative estimate of drug-likeness (QED) is 0.258. The minimum absolute atomic E-state index is 0.115. The average Bonchev–Trinajstić information content (AvgIpc) is 3.65. The highest BCUT2D eigenvalue weighted by Gasteiger charge is 2.36. The molecule has 5 rings (SSSR count). The first-order chi connectivity index (χ1) is 18.1. The van der Waals surface area contributed by atoms with Crippen LogP contribution in [0.3, 0.4) is 0 Å². The van der Waals surface area contributed by atoms with Crippen molar-refractivity contribution >= 4 is 29.1 Å². The molecular weight excluding hydrogens is 540 g/mol. The Labute approximate surface area is 225 Å². The number of pyridine rings is 1. The smallest absolute Gasteiger partial charge is 0.432 e. The summed E-state index contributed by atoms with van der Waals surface area (Å²) in [6, 6.07) is 12.2. The van der Waals surface area contributed by atoms with Crippen LogP contribution in [0.15, 0.2) is 71.6 Å². The van der Waals surface area contributed by atoms with Gasteiger partial charge in [0.1, 0.15) is 6.26 Å². The lowest BCUT2D eigenvalue weighted by atomic mass is 9.97. The molecule has 1 aliphatic rings. The van der Waals surface area contributed by atoms with Crippen LogP contribution in [0.2, 0.25) is 10.0 Å². The maximum Gasteiger partial charge on any atom is 0.433 e. The molecule has 1 fully saturated rings. The van der Waals surface area contributed by atoms with Gasteiger partial charge in [0.25, 0.3) is 11.6 Å². The van der Waals surface area contributed by atoms with Crippen LogP contribution in [0.25, 0.3) is 11.1 Å². The second-order valence-electron chi connectivity index (χ2n) is 9.11. The molecular formula is C27H21Cl2F3N4O2. The van der Waals surface area contributed by atoms with Crippen LogP contribution in [-0.2, 0) is 12.7 Å². The number of carbonyl (C=O) groups excluding carboxylic acids is 1. The second kappa shape index (κ2) is 10.3. The molecule has 2 aromatic carbocycles. The van der Waals surface area contributed by atoms with Gasteiger partial charge in [-0.1, -0.05) is 35.3 Å². The predicted octanol–water partition coefficient (Wildman–Crippen LogP) is 6.88. The highest BCUT2D eigenvalue weighted by Crippen LogP contribution is 2.42. The summed E-state index contributed by atoms with van der Waals surface area (Å²) >= 11 is 12.3. The minimum Gasteiger partial charge on any atom is -0.432 e. The number of aromatic nitrogens is 2. The molecule has 2 N–H and O–H groups in total. The van der Waals surface area contributed by atoms with Crippen molar-refractivity contribution in [3.05, 3.63) is 105 Å². The maximum absolute atomic E-state index is 13.8. The van der Waals surface area contributed by atoms with Gasteiger partial charge in [-0.25, -0.2) is 0 Å². The van der Waals surface area contributed by atoms with Crippen LogP contribution in [0, 0.1) is 11.3 Å². The van der Waals surface area contributed by atoms with E-state index in [2.05, 4.69) is 10.3 Å². The zero-order chi connectivity index (χ0) is 27.0. The summed E-state index contributed by atoms with van der Waals surface area (Å²) in [5.74, 6) is -0.238. The number of hydrogen-bond acceptors (Lipinski definition) is 4. The molecule has 0 bridgehead atoms. The van der Waals surface area contributed by atoms with Crippen LogP contribution in [0.4, 0.5) is 13.2 Å². The van der Waals surface area contributed by atoms with Crippen molar-refractivity contribution in [2.45, 2.75) is 31.6 Å². The highest BCUT2D eigenvalue weighted by molar-refractivity contribution is 6.42. The molecule has 0 saturated heterocycles. The standard InChI is InChI=1S/C27H21Cl2F3N4O2/c28-21-6-5-17(13-22(21)29)23(16-3-4-16)35-25(37)19-11-15(14-36-8-9-38-26(36)33)10-18(12-19)20-2-1-7-34-24(20)27(30,31)32/h1-2,5-13,16,23,33H,3-4,14H2,(H,35,37)/t23-/m0/s1. The van der Waals surface area contributed by atoms with E-state index >= 15 is 0 Å². The Morgan fingerprint density at radius 2 is 1.95 bits per heavy atom. The third kappa shape index (κ3) is 5.63. The van der Waals surface area contributed by atoms with Crippen LogP contribution in [0.1, 0.15) is 46.1 Å². The van der Waals surface area contributed by atoms with E-state index in [9.17, 15) is 18.0 Å². The Morgan fingerprint density at radius 3 is 2.61 bits per heavy atom.